The molecule has 0 aromatic heterocycles. The molecule has 0 amide bonds. The van der Waals surface area contributed by atoms with Crippen LogP contribution in [0.1, 0.15) is 113 Å². The molecule has 1 saturated heterocycles. The molecule has 6 aliphatic rings. The molecule has 2 N–H and O–H groups in total. The van der Waals surface area contributed by atoms with Crippen LogP contribution in [0, 0.1) is 44.8 Å². The molecule has 0 radical (unpaired) electrons. The Morgan fingerprint density at radius 3 is 2.03 bits per heavy atom. The van der Waals surface area contributed by atoms with Crippen LogP contribution in [0.4, 0.5) is 8.78 Å². The summed E-state index contributed by atoms with van der Waals surface area (Å²) in [6.45, 7) is 14.3. The Morgan fingerprint density at radius 2 is 1.40 bits per heavy atom. The minimum atomic E-state index is -2.58. The minimum absolute atomic E-state index is 0.0207. The molecule has 1 aliphatic heterocycles. The van der Waals surface area contributed by atoms with Gasteiger partial charge < -0.3 is 14.9 Å². The Kier molecular flexibility index (Phi) is 4.76. The van der Waals surface area contributed by atoms with Gasteiger partial charge in [-0.2, -0.15) is 0 Å². The third kappa shape index (κ3) is 2.72. The Balaban J connectivity index is 1.34. The SMILES string of the molecule is CC(C)(O)C1CCC(C)([C@H]2C(O)C[C@@]3(C)C4CCC5C(C)(C)C(F)(F)CCC56CC46CCC23C)O1. The maximum Gasteiger partial charge on any atom is 0.253 e. The van der Waals surface area contributed by atoms with E-state index in [4.69, 9.17) is 4.74 Å². The lowest BCUT2D eigenvalue weighted by Gasteiger charge is -2.63. The van der Waals surface area contributed by atoms with Crippen LogP contribution >= 0.6 is 0 Å². The third-order valence-corrected chi connectivity index (χ3v) is 13.9. The molecule has 3 nitrogen and oxygen atoms in total. The van der Waals surface area contributed by atoms with Crippen molar-refractivity contribution in [1.29, 1.82) is 0 Å². The van der Waals surface area contributed by atoms with E-state index in [0.717, 1.165) is 51.4 Å². The summed E-state index contributed by atoms with van der Waals surface area (Å²) in [7, 11) is 0. The van der Waals surface area contributed by atoms with Gasteiger partial charge in [0, 0.05) is 17.8 Å². The number of hydrogen-bond donors (Lipinski definition) is 2. The first-order chi connectivity index (χ1) is 15.9. The number of hydrogen-bond acceptors (Lipinski definition) is 3. The summed E-state index contributed by atoms with van der Waals surface area (Å²) in [5.74, 6) is -1.95. The lowest BCUT2D eigenvalue weighted by molar-refractivity contribution is -0.222. The zero-order valence-corrected chi connectivity index (χ0v) is 23.0. The van der Waals surface area contributed by atoms with Crippen LogP contribution in [-0.2, 0) is 4.74 Å². The molecule has 1 heterocycles. The van der Waals surface area contributed by atoms with Crippen LogP contribution in [0.15, 0.2) is 0 Å². The second-order valence-electron chi connectivity index (χ2n) is 15.8. The van der Waals surface area contributed by atoms with Gasteiger partial charge in [-0.05, 0) is 112 Å². The first-order valence-corrected chi connectivity index (χ1v) is 14.4. The molecule has 35 heavy (non-hydrogen) atoms. The molecule has 0 aromatic rings. The average molecular weight is 495 g/mol. The second kappa shape index (κ2) is 6.65. The lowest BCUT2D eigenvalue weighted by Crippen LogP contribution is -2.60. The summed E-state index contributed by atoms with van der Waals surface area (Å²) in [5, 5.41) is 22.3. The van der Waals surface area contributed by atoms with E-state index in [0.29, 0.717) is 12.3 Å². The van der Waals surface area contributed by atoms with E-state index in [1.165, 1.54) is 0 Å². The first kappa shape index (κ1) is 25.0. The van der Waals surface area contributed by atoms with Crippen molar-refractivity contribution >= 4 is 0 Å². The van der Waals surface area contributed by atoms with Gasteiger partial charge in [0.2, 0.25) is 0 Å². The van der Waals surface area contributed by atoms with Gasteiger partial charge in [0.05, 0.1) is 23.4 Å². The number of rotatable bonds is 2. The number of alkyl halides is 2. The summed E-state index contributed by atoms with van der Waals surface area (Å²) in [6, 6.07) is 0. The van der Waals surface area contributed by atoms with Crippen molar-refractivity contribution in [2.45, 2.75) is 142 Å². The average Bonchev–Trinajstić information content (AvgIpc) is 3.12. The number of aliphatic hydroxyl groups excluding tert-OH is 1. The first-order valence-electron chi connectivity index (χ1n) is 14.4. The van der Waals surface area contributed by atoms with Crippen LogP contribution in [0.5, 0.6) is 0 Å². The van der Waals surface area contributed by atoms with E-state index in [1.54, 1.807) is 0 Å². The standard InChI is InChI=1S/C30H48F2O3/c1-23(2)19-8-9-20-26(6)16-18(33)22(27(7)11-10-21(35-27)24(3,4)34)25(26,5)12-13-29(20)17-28(19,29)14-15-30(23,31)32/h18-22,33-34H,8-17H2,1-7H3/t18?,19?,20?,21?,22-,25?,26-,27?,28?,29?/m0/s1. The Hall–Kier alpha value is -0.260. The van der Waals surface area contributed by atoms with Crippen molar-refractivity contribution in [1.82, 2.24) is 0 Å². The normalized spacial score (nSPS) is 58.2. The fourth-order valence-corrected chi connectivity index (χ4v) is 12.0. The molecule has 10 atom stereocenters. The maximum absolute atomic E-state index is 15.1. The molecular weight excluding hydrogens is 446 g/mol. The molecule has 5 aliphatic carbocycles. The molecule has 6 fully saturated rings. The van der Waals surface area contributed by atoms with Gasteiger partial charge in [-0.15, -0.1) is 0 Å². The van der Waals surface area contributed by atoms with Crippen molar-refractivity contribution in [2.75, 3.05) is 0 Å². The fourth-order valence-electron chi connectivity index (χ4n) is 12.0. The van der Waals surface area contributed by atoms with Crippen molar-refractivity contribution in [3.8, 4) is 0 Å². The van der Waals surface area contributed by atoms with Crippen molar-refractivity contribution in [2.24, 2.45) is 44.8 Å². The monoisotopic (exact) mass is 494 g/mol. The maximum atomic E-state index is 15.1. The van der Waals surface area contributed by atoms with E-state index in [2.05, 4.69) is 20.8 Å². The number of aliphatic hydroxyl groups is 2. The van der Waals surface area contributed by atoms with E-state index in [1.807, 2.05) is 27.7 Å². The topological polar surface area (TPSA) is 49.7 Å². The number of halogens is 2. The molecule has 6 rings (SSSR count). The van der Waals surface area contributed by atoms with Gasteiger partial charge in [-0.3, -0.25) is 0 Å². The summed E-state index contributed by atoms with van der Waals surface area (Å²) in [5.41, 5.74) is -2.10. The highest BCUT2D eigenvalue weighted by Gasteiger charge is 2.84. The highest BCUT2D eigenvalue weighted by molar-refractivity contribution is 5.32. The van der Waals surface area contributed by atoms with Crippen LogP contribution in [-0.4, -0.2) is 39.5 Å². The van der Waals surface area contributed by atoms with E-state index < -0.39 is 28.6 Å². The van der Waals surface area contributed by atoms with Gasteiger partial charge in [0.25, 0.3) is 5.92 Å². The van der Waals surface area contributed by atoms with E-state index in [-0.39, 0.29) is 46.0 Å². The highest BCUT2D eigenvalue weighted by Crippen LogP contribution is 2.90. The highest BCUT2D eigenvalue weighted by atomic mass is 19.3. The molecule has 2 spiro atoms. The predicted octanol–water partition coefficient (Wildman–Crippen LogP) is 6.74. The molecule has 0 bridgehead atoms. The van der Waals surface area contributed by atoms with Crippen LogP contribution < -0.4 is 0 Å². The lowest BCUT2D eigenvalue weighted by atomic mass is 9.41. The number of ether oxygens (including phenoxy) is 1. The molecule has 5 heteroatoms. The van der Waals surface area contributed by atoms with Gasteiger partial charge in [-0.25, -0.2) is 8.78 Å². The molecule has 0 aromatic carbocycles. The summed E-state index contributed by atoms with van der Waals surface area (Å²) in [6.07, 6.45) is 7.72. The van der Waals surface area contributed by atoms with E-state index >= 15 is 8.78 Å². The smallest absolute Gasteiger partial charge is 0.253 e. The van der Waals surface area contributed by atoms with Gasteiger partial charge in [0.15, 0.2) is 0 Å². The third-order valence-electron chi connectivity index (χ3n) is 13.9. The van der Waals surface area contributed by atoms with E-state index in [9.17, 15) is 10.2 Å². The van der Waals surface area contributed by atoms with Crippen LogP contribution in [0.25, 0.3) is 0 Å². The fraction of sp³-hybridized carbons (Fsp3) is 1.00. The zero-order valence-electron chi connectivity index (χ0n) is 23.0. The summed E-state index contributed by atoms with van der Waals surface area (Å²) in [4.78, 5) is 0. The van der Waals surface area contributed by atoms with Gasteiger partial charge >= 0.3 is 0 Å². The van der Waals surface area contributed by atoms with Crippen LogP contribution in [0.3, 0.4) is 0 Å². The van der Waals surface area contributed by atoms with Crippen molar-refractivity contribution < 1.29 is 23.7 Å². The van der Waals surface area contributed by atoms with Gasteiger partial charge in [-0.1, -0.05) is 27.7 Å². The zero-order chi connectivity index (χ0) is 25.7. The molecule has 5 saturated carbocycles. The largest absolute Gasteiger partial charge is 0.393 e. The quantitative estimate of drug-likeness (QED) is 0.447. The molecule has 8 unspecified atom stereocenters. The second-order valence-corrected chi connectivity index (χ2v) is 15.8. The van der Waals surface area contributed by atoms with Crippen molar-refractivity contribution in [3.63, 3.8) is 0 Å². The van der Waals surface area contributed by atoms with Crippen molar-refractivity contribution in [3.05, 3.63) is 0 Å². The van der Waals surface area contributed by atoms with Gasteiger partial charge in [0.1, 0.15) is 0 Å². The number of fused-ring (bicyclic) bond motifs is 2. The van der Waals surface area contributed by atoms with Crippen LogP contribution in [0.2, 0.25) is 0 Å². The summed E-state index contributed by atoms with van der Waals surface area (Å²) < 4.78 is 36.8. The summed E-state index contributed by atoms with van der Waals surface area (Å²) >= 11 is 0. The Bertz CT molecular complexity index is 927. The Labute approximate surface area is 210 Å². The Morgan fingerprint density at radius 1 is 0.800 bits per heavy atom. The molecule has 200 valence electrons. The molecular formula is C30H48F2O3. The predicted molar refractivity (Wildman–Crippen MR) is 132 cm³/mol. The minimum Gasteiger partial charge on any atom is -0.393 e.